The second-order valence-electron chi connectivity index (χ2n) is 6.70. The van der Waals surface area contributed by atoms with Gasteiger partial charge in [0.1, 0.15) is 18.1 Å². The summed E-state index contributed by atoms with van der Waals surface area (Å²) in [4.78, 5) is 6.64. The first kappa shape index (κ1) is 22.1. The summed E-state index contributed by atoms with van der Waals surface area (Å²) >= 11 is 1.22. The van der Waals surface area contributed by atoms with Gasteiger partial charge in [-0.05, 0) is 57.4 Å². The zero-order valence-corrected chi connectivity index (χ0v) is 18.8. The molecule has 1 aromatic heterocycles. The molecule has 160 valence electrons. The van der Waals surface area contributed by atoms with Gasteiger partial charge in [0, 0.05) is 17.5 Å². The minimum absolute atomic E-state index is 0.148. The summed E-state index contributed by atoms with van der Waals surface area (Å²) in [5.74, 6) is 1.34. The fourth-order valence-electron chi connectivity index (χ4n) is 2.64. The van der Waals surface area contributed by atoms with E-state index in [1.807, 2.05) is 55.6 Å². The number of nitrogens with zero attached hydrogens (tertiary/aromatic N) is 2. The number of rotatable bonds is 10. The molecule has 1 N–H and O–H groups in total. The van der Waals surface area contributed by atoms with Gasteiger partial charge in [-0.25, -0.2) is 13.4 Å². The summed E-state index contributed by atoms with van der Waals surface area (Å²) in [6.45, 7) is 3.73. The highest BCUT2D eigenvalue weighted by Gasteiger charge is 2.17. The van der Waals surface area contributed by atoms with E-state index in [4.69, 9.17) is 9.47 Å². The topological polar surface area (TPSA) is 80.8 Å². The first-order valence-corrected chi connectivity index (χ1v) is 11.8. The molecule has 0 saturated carbocycles. The molecule has 1 heterocycles. The van der Waals surface area contributed by atoms with Crippen LogP contribution in [0.25, 0.3) is 11.3 Å². The maximum atomic E-state index is 12.7. The average Bonchev–Trinajstić information content (AvgIpc) is 3.16. The molecule has 0 saturated heterocycles. The van der Waals surface area contributed by atoms with E-state index in [1.54, 1.807) is 12.1 Å². The third kappa shape index (κ3) is 5.71. The zero-order chi connectivity index (χ0) is 21.6. The minimum atomic E-state index is -3.74. The van der Waals surface area contributed by atoms with Crippen LogP contribution in [0.4, 0.5) is 5.13 Å². The lowest BCUT2D eigenvalue weighted by Gasteiger charge is -2.13. The Labute approximate surface area is 181 Å². The molecule has 3 aromatic rings. The summed E-state index contributed by atoms with van der Waals surface area (Å²) in [6, 6.07) is 13.9. The second-order valence-corrected chi connectivity index (χ2v) is 9.24. The Kier molecular flexibility index (Phi) is 7.30. The number of nitrogens with one attached hydrogen (secondary N) is 1. The second kappa shape index (κ2) is 9.92. The summed E-state index contributed by atoms with van der Waals surface area (Å²) in [5, 5.41) is 2.10. The molecule has 0 aliphatic heterocycles. The van der Waals surface area contributed by atoms with Crippen molar-refractivity contribution in [2.75, 3.05) is 38.6 Å². The van der Waals surface area contributed by atoms with Gasteiger partial charge in [0.25, 0.3) is 10.0 Å². The first-order valence-electron chi connectivity index (χ1n) is 9.47. The van der Waals surface area contributed by atoms with Crippen LogP contribution in [0, 0.1) is 0 Å². The van der Waals surface area contributed by atoms with E-state index in [0.29, 0.717) is 35.5 Å². The number of para-hydroxylation sites is 1. The fraction of sp³-hybridized carbons (Fsp3) is 0.286. The van der Waals surface area contributed by atoms with Crippen LogP contribution < -0.4 is 14.2 Å². The normalized spacial score (nSPS) is 11.5. The van der Waals surface area contributed by atoms with E-state index in [0.717, 1.165) is 12.1 Å². The van der Waals surface area contributed by atoms with Crippen molar-refractivity contribution < 1.29 is 17.9 Å². The van der Waals surface area contributed by atoms with Crippen LogP contribution in [0.1, 0.15) is 6.92 Å². The van der Waals surface area contributed by atoms with Gasteiger partial charge in [-0.2, -0.15) is 0 Å². The molecule has 0 amide bonds. The number of benzene rings is 2. The lowest BCUT2D eigenvalue weighted by molar-refractivity contribution is 0.262. The van der Waals surface area contributed by atoms with Crippen molar-refractivity contribution in [3.05, 3.63) is 53.9 Å². The molecule has 30 heavy (non-hydrogen) atoms. The van der Waals surface area contributed by atoms with Gasteiger partial charge in [-0.1, -0.05) is 12.1 Å². The molecule has 0 spiro atoms. The van der Waals surface area contributed by atoms with Crippen molar-refractivity contribution in [1.82, 2.24) is 9.88 Å². The Balaban J connectivity index is 1.75. The highest BCUT2D eigenvalue weighted by molar-refractivity contribution is 7.93. The monoisotopic (exact) mass is 447 g/mol. The SMILES string of the molecule is CCOc1ccc(S(=O)(=O)Nc2nc(-c3ccccc3OCCN(C)C)cs2)cc1. The van der Waals surface area contributed by atoms with E-state index < -0.39 is 10.0 Å². The van der Waals surface area contributed by atoms with E-state index in [2.05, 4.69) is 9.71 Å². The van der Waals surface area contributed by atoms with Crippen LogP contribution in [0.5, 0.6) is 11.5 Å². The summed E-state index contributed by atoms with van der Waals surface area (Å²) < 4.78 is 39.1. The van der Waals surface area contributed by atoms with Crippen LogP contribution in [0.3, 0.4) is 0 Å². The van der Waals surface area contributed by atoms with E-state index in [9.17, 15) is 8.42 Å². The number of hydrogen-bond acceptors (Lipinski definition) is 7. The number of hydrogen-bond donors (Lipinski definition) is 1. The number of likely N-dealkylation sites (N-methyl/N-ethyl adjacent to an activating group) is 1. The molecule has 2 aromatic carbocycles. The third-order valence-corrected chi connectivity index (χ3v) is 6.37. The van der Waals surface area contributed by atoms with Gasteiger partial charge in [-0.15, -0.1) is 11.3 Å². The van der Waals surface area contributed by atoms with Crippen molar-refractivity contribution in [3.8, 4) is 22.8 Å². The van der Waals surface area contributed by atoms with Gasteiger partial charge >= 0.3 is 0 Å². The molecular formula is C21H25N3O4S2. The molecule has 7 nitrogen and oxygen atoms in total. The van der Waals surface area contributed by atoms with Crippen molar-refractivity contribution in [3.63, 3.8) is 0 Å². The molecule has 0 unspecified atom stereocenters. The van der Waals surface area contributed by atoms with Crippen LogP contribution in [0.2, 0.25) is 0 Å². The summed E-state index contributed by atoms with van der Waals surface area (Å²) in [6.07, 6.45) is 0. The van der Waals surface area contributed by atoms with Crippen molar-refractivity contribution >= 4 is 26.5 Å². The van der Waals surface area contributed by atoms with Crippen LogP contribution in [-0.4, -0.2) is 52.2 Å². The van der Waals surface area contributed by atoms with Crippen LogP contribution in [0.15, 0.2) is 58.8 Å². The van der Waals surface area contributed by atoms with Crippen molar-refractivity contribution in [1.29, 1.82) is 0 Å². The molecule has 0 fully saturated rings. The predicted molar refractivity (Wildman–Crippen MR) is 120 cm³/mol. The Bertz CT molecular complexity index is 1060. The molecule has 9 heteroatoms. The predicted octanol–water partition coefficient (Wildman–Crippen LogP) is 3.95. The lowest BCUT2D eigenvalue weighted by atomic mass is 10.1. The van der Waals surface area contributed by atoms with Gasteiger partial charge in [0.15, 0.2) is 5.13 Å². The third-order valence-electron chi connectivity index (χ3n) is 4.13. The lowest BCUT2D eigenvalue weighted by Crippen LogP contribution is -2.19. The fourth-order valence-corrected chi connectivity index (χ4v) is 4.61. The van der Waals surface area contributed by atoms with E-state index >= 15 is 0 Å². The van der Waals surface area contributed by atoms with Crippen LogP contribution >= 0.6 is 11.3 Å². The largest absolute Gasteiger partial charge is 0.494 e. The number of thiazole rings is 1. The quantitative estimate of drug-likeness (QED) is 0.507. The number of aromatic nitrogens is 1. The highest BCUT2D eigenvalue weighted by Crippen LogP contribution is 2.33. The Hall–Kier alpha value is -2.62. The van der Waals surface area contributed by atoms with Crippen molar-refractivity contribution in [2.45, 2.75) is 11.8 Å². The number of ether oxygens (including phenoxy) is 2. The smallest absolute Gasteiger partial charge is 0.263 e. The molecule has 3 rings (SSSR count). The van der Waals surface area contributed by atoms with Gasteiger partial charge < -0.3 is 14.4 Å². The van der Waals surface area contributed by atoms with E-state index in [1.165, 1.54) is 23.5 Å². The van der Waals surface area contributed by atoms with Gasteiger partial charge in [0.2, 0.25) is 0 Å². The molecule has 0 aliphatic rings. The Morgan fingerprint density at radius 2 is 1.80 bits per heavy atom. The average molecular weight is 448 g/mol. The number of sulfonamides is 1. The Morgan fingerprint density at radius 1 is 1.07 bits per heavy atom. The molecule has 0 aliphatic carbocycles. The highest BCUT2D eigenvalue weighted by atomic mass is 32.2. The molecule has 0 radical (unpaired) electrons. The molecule has 0 bridgehead atoms. The Morgan fingerprint density at radius 3 is 2.50 bits per heavy atom. The standard InChI is InChI=1S/C21H25N3O4S2/c1-4-27-16-9-11-17(12-10-16)30(25,26)23-21-22-19(15-29-21)18-7-5-6-8-20(18)28-14-13-24(2)3/h5-12,15H,4,13-14H2,1-3H3,(H,22,23). The van der Waals surface area contributed by atoms with Gasteiger partial charge in [-0.3, -0.25) is 4.72 Å². The molecular weight excluding hydrogens is 422 g/mol. The number of anilines is 1. The van der Waals surface area contributed by atoms with Gasteiger partial charge in [0.05, 0.1) is 17.2 Å². The summed E-state index contributed by atoms with van der Waals surface area (Å²) in [5.41, 5.74) is 1.48. The van der Waals surface area contributed by atoms with Crippen LogP contribution in [-0.2, 0) is 10.0 Å². The zero-order valence-electron chi connectivity index (χ0n) is 17.2. The van der Waals surface area contributed by atoms with Crippen molar-refractivity contribution in [2.24, 2.45) is 0 Å². The summed E-state index contributed by atoms with van der Waals surface area (Å²) in [7, 11) is 0.227. The van der Waals surface area contributed by atoms with E-state index in [-0.39, 0.29) is 4.90 Å². The minimum Gasteiger partial charge on any atom is -0.494 e. The maximum Gasteiger partial charge on any atom is 0.263 e. The maximum absolute atomic E-state index is 12.7. The molecule has 0 atom stereocenters. The first-order chi connectivity index (χ1) is 14.4.